The summed E-state index contributed by atoms with van der Waals surface area (Å²) < 4.78 is 46.5. The normalized spacial score (nSPS) is 33.5. The van der Waals surface area contributed by atoms with E-state index in [1.54, 1.807) is 0 Å². The maximum Gasteiger partial charge on any atom is 0.147 e. The lowest BCUT2D eigenvalue weighted by molar-refractivity contribution is 0.109. The zero-order valence-electron chi connectivity index (χ0n) is 14.1. The van der Waals surface area contributed by atoms with Gasteiger partial charge in [0.15, 0.2) is 0 Å². The molecule has 23 heavy (non-hydrogen) atoms. The molecule has 4 unspecified atom stereocenters. The quantitative estimate of drug-likeness (QED) is 0.683. The average molecular weight is 367 g/mol. The molecule has 0 saturated carbocycles. The molecular weight excluding hydrogens is 336 g/mol. The molecule has 2 aliphatic heterocycles. The fourth-order valence-corrected chi connectivity index (χ4v) is 6.12. The van der Waals surface area contributed by atoms with Gasteiger partial charge in [0.1, 0.15) is 19.7 Å². The molecule has 0 aromatic rings. The summed E-state index contributed by atoms with van der Waals surface area (Å²) in [5.41, 5.74) is 0. The van der Waals surface area contributed by atoms with E-state index in [0.717, 1.165) is 39.0 Å². The fourth-order valence-electron chi connectivity index (χ4n) is 4.20. The molecule has 0 bridgehead atoms. The van der Waals surface area contributed by atoms with Crippen molar-refractivity contribution in [1.82, 2.24) is 10.6 Å². The molecule has 0 amide bonds. The van der Waals surface area contributed by atoms with Crippen molar-refractivity contribution in [2.24, 2.45) is 23.7 Å². The second-order valence-corrected chi connectivity index (χ2v) is 11.8. The Hall–Kier alpha value is -0.180. The molecule has 0 aromatic heterocycles. The largest absolute Gasteiger partial charge is 0.316 e. The molecule has 8 heteroatoms. The average Bonchev–Trinajstić information content (AvgIpc) is 2.44. The van der Waals surface area contributed by atoms with Gasteiger partial charge >= 0.3 is 0 Å². The van der Waals surface area contributed by atoms with Crippen LogP contribution in [0.25, 0.3) is 0 Å². The Labute approximate surface area is 140 Å². The summed E-state index contributed by atoms with van der Waals surface area (Å²) in [4.78, 5) is 0. The van der Waals surface area contributed by atoms with Gasteiger partial charge in [-0.05, 0) is 69.1 Å². The smallest absolute Gasteiger partial charge is 0.147 e. The summed E-state index contributed by atoms with van der Waals surface area (Å²) >= 11 is 0. The standard InChI is InChI=1S/C15H30N2O4S2/c1-22(18,19)8-5-12-3-6-16-9-14(12)15-10-17-7-4-13(15)11-23(2,20)21/h12-17H,3-11H2,1-2H3. The van der Waals surface area contributed by atoms with Crippen LogP contribution >= 0.6 is 0 Å². The number of sulfone groups is 2. The van der Waals surface area contributed by atoms with Crippen LogP contribution in [0.5, 0.6) is 0 Å². The van der Waals surface area contributed by atoms with Crippen LogP contribution in [-0.4, -0.2) is 67.0 Å². The van der Waals surface area contributed by atoms with Gasteiger partial charge in [0, 0.05) is 12.5 Å². The van der Waals surface area contributed by atoms with E-state index < -0.39 is 19.7 Å². The van der Waals surface area contributed by atoms with Gasteiger partial charge in [-0.15, -0.1) is 0 Å². The third kappa shape index (κ3) is 6.32. The molecule has 2 N–H and O–H groups in total. The molecule has 0 aliphatic carbocycles. The number of hydrogen-bond donors (Lipinski definition) is 2. The van der Waals surface area contributed by atoms with Crippen molar-refractivity contribution in [1.29, 1.82) is 0 Å². The topological polar surface area (TPSA) is 92.3 Å². The Kier molecular flexibility index (Phi) is 6.49. The Morgan fingerprint density at radius 3 is 1.87 bits per heavy atom. The molecule has 2 heterocycles. The van der Waals surface area contributed by atoms with Crippen molar-refractivity contribution in [3.8, 4) is 0 Å². The first-order valence-electron chi connectivity index (χ1n) is 8.42. The zero-order chi connectivity index (χ0) is 17.1. The van der Waals surface area contributed by atoms with Crippen LogP contribution in [0.3, 0.4) is 0 Å². The van der Waals surface area contributed by atoms with Crippen molar-refractivity contribution in [2.45, 2.75) is 19.3 Å². The van der Waals surface area contributed by atoms with Crippen LogP contribution in [0.4, 0.5) is 0 Å². The van der Waals surface area contributed by atoms with Crippen LogP contribution in [0.1, 0.15) is 19.3 Å². The predicted molar refractivity (Wildman–Crippen MR) is 93.0 cm³/mol. The Balaban J connectivity index is 2.09. The monoisotopic (exact) mass is 366 g/mol. The van der Waals surface area contributed by atoms with Gasteiger partial charge in [-0.3, -0.25) is 0 Å². The number of piperidine rings is 2. The SMILES string of the molecule is CS(=O)(=O)CCC1CCNCC1C1CNCCC1CS(C)(=O)=O. The van der Waals surface area contributed by atoms with E-state index in [4.69, 9.17) is 0 Å². The van der Waals surface area contributed by atoms with Crippen LogP contribution < -0.4 is 10.6 Å². The van der Waals surface area contributed by atoms with E-state index >= 15 is 0 Å². The molecular formula is C15H30N2O4S2. The predicted octanol–water partition coefficient (Wildman–Crippen LogP) is -0.0829. The first-order chi connectivity index (χ1) is 10.7. The van der Waals surface area contributed by atoms with Crippen LogP contribution in [0, 0.1) is 23.7 Å². The minimum absolute atomic E-state index is 0.178. The molecule has 6 nitrogen and oxygen atoms in total. The summed E-state index contributed by atoms with van der Waals surface area (Å²) in [7, 11) is -5.94. The van der Waals surface area contributed by atoms with E-state index in [2.05, 4.69) is 10.6 Å². The lowest BCUT2D eigenvalue weighted by Gasteiger charge is -2.43. The maximum atomic E-state index is 11.8. The van der Waals surface area contributed by atoms with E-state index in [-0.39, 0.29) is 17.4 Å². The molecule has 2 rings (SSSR count). The molecule has 0 spiro atoms. The minimum atomic E-state index is -2.99. The third-order valence-corrected chi connectivity index (χ3v) is 7.29. The highest BCUT2D eigenvalue weighted by molar-refractivity contribution is 7.90. The van der Waals surface area contributed by atoms with Crippen molar-refractivity contribution < 1.29 is 16.8 Å². The molecule has 2 saturated heterocycles. The molecule has 2 aliphatic rings. The number of rotatable bonds is 6. The van der Waals surface area contributed by atoms with E-state index in [1.807, 2.05) is 0 Å². The number of hydrogen-bond acceptors (Lipinski definition) is 6. The second-order valence-electron chi connectivity index (χ2n) is 7.34. The van der Waals surface area contributed by atoms with Gasteiger partial charge < -0.3 is 10.6 Å². The van der Waals surface area contributed by atoms with Crippen molar-refractivity contribution in [3.63, 3.8) is 0 Å². The van der Waals surface area contributed by atoms with Crippen molar-refractivity contribution >= 4 is 19.7 Å². The molecule has 4 atom stereocenters. The lowest BCUT2D eigenvalue weighted by Crippen LogP contribution is -2.50. The Bertz CT molecular complexity index is 589. The zero-order valence-corrected chi connectivity index (χ0v) is 15.8. The summed E-state index contributed by atoms with van der Waals surface area (Å²) in [5, 5.41) is 6.82. The Morgan fingerprint density at radius 1 is 0.826 bits per heavy atom. The fraction of sp³-hybridized carbons (Fsp3) is 1.00. The highest BCUT2D eigenvalue weighted by Gasteiger charge is 2.38. The van der Waals surface area contributed by atoms with Crippen LogP contribution in [-0.2, 0) is 19.7 Å². The van der Waals surface area contributed by atoms with Crippen LogP contribution in [0.15, 0.2) is 0 Å². The summed E-state index contributed by atoms with van der Waals surface area (Å²) in [6.07, 6.45) is 5.15. The van der Waals surface area contributed by atoms with Gasteiger partial charge in [-0.25, -0.2) is 16.8 Å². The summed E-state index contributed by atoms with van der Waals surface area (Å²) in [6, 6.07) is 0. The third-order valence-electron chi connectivity index (χ3n) is 5.28. The molecule has 2 fully saturated rings. The molecule has 136 valence electrons. The lowest BCUT2D eigenvalue weighted by atomic mass is 9.70. The Morgan fingerprint density at radius 2 is 1.35 bits per heavy atom. The highest BCUT2D eigenvalue weighted by Crippen LogP contribution is 2.36. The van der Waals surface area contributed by atoms with Crippen LogP contribution in [0.2, 0.25) is 0 Å². The summed E-state index contributed by atoms with van der Waals surface area (Å²) in [6.45, 7) is 3.48. The molecule has 0 aromatic carbocycles. The van der Waals surface area contributed by atoms with Gasteiger partial charge in [0.25, 0.3) is 0 Å². The minimum Gasteiger partial charge on any atom is -0.316 e. The first kappa shape index (κ1) is 19.1. The van der Waals surface area contributed by atoms with Crippen molar-refractivity contribution in [3.05, 3.63) is 0 Å². The second kappa shape index (κ2) is 7.80. The van der Waals surface area contributed by atoms with Gasteiger partial charge in [-0.1, -0.05) is 0 Å². The van der Waals surface area contributed by atoms with E-state index in [0.29, 0.717) is 24.2 Å². The molecule has 0 radical (unpaired) electrons. The van der Waals surface area contributed by atoms with Gasteiger partial charge in [0.05, 0.1) is 11.5 Å². The van der Waals surface area contributed by atoms with Gasteiger partial charge in [-0.2, -0.15) is 0 Å². The number of nitrogens with one attached hydrogen (secondary N) is 2. The van der Waals surface area contributed by atoms with Gasteiger partial charge in [0.2, 0.25) is 0 Å². The highest BCUT2D eigenvalue weighted by atomic mass is 32.2. The van der Waals surface area contributed by atoms with E-state index in [1.165, 1.54) is 12.5 Å². The van der Waals surface area contributed by atoms with Crippen molar-refractivity contribution in [2.75, 3.05) is 50.2 Å². The first-order valence-corrected chi connectivity index (χ1v) is 12.5. The maximum absolute atomic E-state index is 11.8. The van der Waals surface area contributed by atoms with E-state index in [9.17, 15) is 16.8 Å². The summed E-state index contributed by atoms with van der Waals surface area (Å²) in [5.74, 6) is 1.66.